The summed E-state index contributed by atoms with van der Waals surface area (Å²) < 4.78 is 4.04. The number of rotatable bonds is 7. The SMILES string of the molecule is CCCNCc1ccn(Cc2c(Cl)c(CC)nn2C)c1. The molecule has 0 saturated carbocycles. The van der Waals surface area contributed by atoms with Gasteiger partial charge < -0.3 is 9.88 Å². The first-order chi connectivity index (χ1) is 9.65. The highest BCUT2D eigenvalue weighted by Gasteiger charge is 2.13. The molecule has 2 aromatic heterocycles. The minimum absolute atomic E-state index is 0.760. The topological polar surface area (TPSA) is 34.8 Å². The zero-order valence-electron chi connectivity index (χ0n) is 12.5. The van der Waals surface area contributed by atoms with Gasteiger partial charge in [0.05, 0.1) is 23.0 Å². The lowest BCUT2D eigenvalue weighted by Gasteiger charge is -2.05. The molecular weight excluding hydrogens is 272 g/mol. The zero-order chi connectivity index (χ0) is 14.5. The number of nitrogens with zero attached hydrogens (tertiary/aromatic N) is 3. The largest absolute Gasteiger partial charge is 0.348 e. The Morgan fingerprint density at radius 1 is 1.35 bits per heavy atom. The summed E-state index contributed by atoms with van der Waals surface area (Å²) in [4.78, 5) is 0. The van der Waals surface area contributed by atoms with Crippen LogP contribution in [-0.4, -0.2) is 20.9 Å². The molecule has 0 atom stereocenters. The molecule has 0 amide bonds. The summed E-state index contributed by atoms with van der Waals surface area (Å²) in [5, 5.41) is 8.66. The maximum atomic E-state index is 6.38. The van der Waals surface area contributed by atoms with Crippen molar-refractivity contribution in [2.45, 2.75) is 39.8 Å². The number of aryl methyl sites for hydroxylation is 2. The number of halogens is 1. The monoisotopic (exact) mass is 294 g/mol. The smallest absolute Gasteiger partial charge is 0.0868 e. The molecule has 0 bridgehead atoms. The number of aromatic nitrogens is 3. The van der Waals surface area contributed by atoms with Gasteiger partial charge in [-0.25, -0.2) is 0 Å². The molecule has 2 rings (SSSR count). The van der Waals surface area contributed by atoms with Crippen LogP contribution in [0.2, 0.25) is 5.02 Å². The van der Waals surface area contributed by atoms with Gasteiger partial charge in [-0.1, -0.05) is 25.4 Å². The maximum Gasteiger partial charge on any atom is 0.0868 e. The Hall–Kier alpha value is -1.26. The van der Waals surface area contributed by atoms with Crippen LogP contribution >= 0.6 is 11.6 Å². The summed E-state index contributed by atoms with van der Waals surface area (Å²) in [5.41, 5.74) is 3.33. The van der Waals surface area contributed by atoms with Gasteiger partial charge in [0.25, 0.3) is 0 Å². The van der Waals surface area contributed by atoms with Crippen molar-refractivity contribution in [3.05, 3.63) is 40.4 Å². The van der Waals surface area contributed by atoms with Crippen molar-refractivity contribution in [2.24, 2.45) is 7.05 Å². The van der Waals surface area contributed by atoms with Crippen LogP contribution in [-0.2, 0) is 26.6 Å². The van der Waals surface area contributed by atoms with Crippen LogP contribution in [0, 0.1) is 0 Å². The van der Waals surface area contributed by atoms with Gasteiger partial charge >= 0.3 is 0 Å². The summed E-state index contributed by atoms with van der Waals surface area (Å²) in [6, 6.07) is 2.15. The van der Waals surface area contributed by atoms with E-state index in [1.54, 1.807) is 0 Å². The summed E-state index contributed by atoms with van der Waals surface area (Å²) in [7, 11) is 1.95. The van der Waals surface area contributed by atoms with Gasteiger partial charge in [0.15, 0.2) is 0 Å². The fourth-order valence-electron chi connectivity index (χ4n) is 2.27. The standard InChI is InChI=1S/C15H23ClN4/c1-4-7-17-9-12-6-8-20(10-12)11-14-15(16)13(5-2)18-19(14)3/h6,8,10,17H,4-5,7,9,11H2,1-3H3. The van der Waals surface area contributed by atoms with Gasteiger partial charge in [0.1, 0.15) is 0 Å². The maximum absolute atomic E-state index is 6.38. The fraction of sp³-hybridized carbons (Fsp3) is 0.533. The molecule has 5 heteroatoms. The van der Waals surface area contributed by atoms with Crippen molar-refractivity contribution in [1.29, 1.82) is 0 Å². The molecule has 2 aromatic rings. The van der Waals surface area contributed by atoms with Crippen LogP contribution in [0.15, 0.2) is 18.5 Å². The normalized spacial score (nSPS) is 11.2. The Labute approximate surface area is 125 Å². The van der Waals surface area contributed by atoms with Crippen LogP contribution in [0.1, 0.15) is 37.2 Å². The van der Waals surface area contributed by atoms with E-state index in [0.29, 0.717) is 0 Å². The molecule has 1 N–H and O–H groups in total. The molecule has 4 nitrogen and oxygen atoms in total. The summed E-state index contributed by atoms with van der Waals surface area (Å²) in [5.74, 6) is 0. The highest BCUT2D eigenvalue weighted by atomic mass is 35.5. The molecule has 0 aliphatic rings. The van der Waals surface area contributed by atoms with Gasteiger partial charge in [-0.05, 0) is 31.0 Å². The van der Waals surface area contributed by atoms with Gasteiger partial charge in [0, 0.05) is 26.0 Å². The average molecular weight is 295 g/mol. The average Bonchev–Trinajstić information content (AvgIpc) is 2.99. The third kappa shape index (κ3) is 3.44. The molecule has 0 unspecified atom stereocenters. The third-order valence-corrected chi connectivity index (χ3v) is 3.84. The number of nitrogens with one attached hydrogen (secondary N) is 1. The first-order valence-corrected chi connectivity index (χ1v) is 7.59. The minimum atomic E-state index is 0.760. The second kappa shape index (κ2) is 6.95. The molecule has 2 heterocycles. The Morgan fingerprint density at radius 3 is 2.80 bits per heavy atom. The summed E-state index contributed by atoms with van der Waals surface area (Å²) in [6.07, 6.45) is 6.28. The molecule has 110 valence electrons. The van der Waals surface area contributed by atoms with Crippen molar-refractivity contribution in [2.75, 3.05) is 6.54 Å². The first-order valence-electron chi connectivity index (χ1n) is 7.21. The predicted molar refractivity (Wildman–Crippen MR) is 83.1 cm³/mol. The Balaban J connectivity index is 2.05. The van der Waals surface area contributed by atoms with E-state index in [9.17, 15) is 0 Å². The molecule has 0 radical (unpaired) electrons. The van der Waals surface area contributed by atoms with Crippen molar-refractivity contribution in [3.8, 4) is 0 Å². The third-order valence-electron chi connectivity index (χ3n) is 3.40. The van der Waals surface area contributed by atoms with Crippen LogP contribution < -0.4 is 5.32 Å². The Bertz CT molecular complexity index is 556. The molecule has 0 spiro atoms. The van der Waals surface area contributed by atoms with E-state index in [1.807, 2.05) is 11.7 Å². The van der Waals surface area contributed by atoms with Crippen molar-refractivity contribution < 1.29 is 0 Å². The van der Waals surface area contributed by atoms with E-state index in [4.69, 9.17) is 11.6 Å². The van der Waals surface area contributed by atoms with Crippen molar-refractivity contribution >= 4 is 11.6 Å². The van der Waals surface area contributed by atoms with Gasteiger partial charge in [-0.3, -0.25) is 4.68 Å². The predicted octanol–water partition coefficient (Wildman–Crippen LogP) is 2.99. The van der Waals surface area contributed by atoms with E-state index in [-0.39, 0.29) is 0 Å². The highest BCUT2D eigenvalue weighted by Crippen LogP contribution is 2.21. The highest BCUT2D eigenvalue weighted by molar-refractivity contribution is 6.31. The van der Waals surface area contributed by atoms with Gasteiger partial charge in [-0.2, -0.15) is 5.10 Å². The van der Waals surface area contributed by atoms with Crippen molar-refractivity contribution in [3.63, 3.8) is 0 Å². The second-order valence-corrected chi connectivity index (χ2v) is 5.43. The summed E-state index contributed by atoms with van der Waals surface area (Å²) >= 11 is 6.38. The van der Waals surface area contributed by atoms with E-state index in [2.05, 4.69) is 47.3 Å². The lowest BCUT2D eigenvalue weighted by molar-refractivity contribution is 0.655. The summed E-state index contributed by atoms with van der Waals surface area (Å²) in [6.45, 7) is 6.98. The lowest BCUT2D eigenvalue weighted by atomic mass is 10.3. The van der Waals surface area contributed by atoms with E-state index in [0.717, 1.165) is 48.9 Å². The van der Waals surface area contributed by atoms with E-state index >= 15 is 0 Å². The van der Waals surface area contributed by atoms with Crippen LogP contribution in [0.25, 0.3) is 0 Å². The molecule has 20 heavy (non-hydrogen) atoms. The number of hydrogen-bond donors (Lipinski definition) is 1. The fourth-order valence-corrected chi connectivity index (χ4v) is 2.62. The lowest BCUT2D eigenvalue weighted by Crippen LogP contribution is -2.13. The van der Waals surface area contributed by atoms with Gasteiger partial charge in [-0.15, -0.1) is 0 Å². The zero-order valence-corrected chi connectivity index (χ0v) is 13.2. The molecular formula is C15H23ClN4. The molecule has 0 aliphatic heterocycles. The Morgan fingerprint density at radius 2 is 2.15 bits per heavy atom. The number of hydrogen-bond acceptors (Lipinski definition) is 2. The van der Waals surface area contributed by atoms with Crippen molar-refractivity contribution in [1.82, 2.24) is 19.7 Å². The first kappa shape index (κ1) is 15.1. The molecule has 0 saturated heterocycles. The molecule has 0 aromatic carbocycles. The molecule has 0 aliphatic carbocycles. The molecule has 0 fully saturated rings. The van der Waals surface area contributed by atoms with E-state index < -0.39 is 0 Å². The van der Waals surface area contributed by atoms with E-state index in [1.165, 1.54) is 5.56 Å². The van der Waals surface area contributed by atoms with Crippen LogP contribution in [0.3, 0.4) is 0 Å². The van der Waals surface area contributed by atoms with Gasteiger partial charge in [0.2, 0.25) is 0 Å². The second-order valence-electron chi connectivity index (χ2n) is 5.05. The minimum Gasteiger partial charge on any atom is -0.348 e. The van der Waals surface area contributed by atoms with Crippen LogP contribution in [0.5, 0.6) is 0 Å². The Kier molecular flexibility index (Phi) is 5.26. The quantitative estimate of drug-likeness (QED) is 0.797. The van der Waals surface area contributed by atoms with Crippen LogP contribution in [0.4, 0.5) is 0 Å².